The van der Waals surface area contributed by atoms with E-state index in [1.165, 1.54) is 16.4 Å². The maximum Gasteiger partial charge on any atom is 0.323 e. The molecule has 2 N–H and O–H groups in total. The maximum atomic E-state index is 12.9. The van der Waals surface area contributed by atoms with Gasteiger partial charge in [-0.1, -0.05) is 0 Å². The van der Waals surface area contributed by atoms with Crippen LogP contribution in [-0.4, -0.2) is 72.9 Å². The molecular weight excluding hydrogens is 360 g/mol. The molecule has 26 heavy (non-hydrogen) atoms. The number of imidazole rings is 1. The number of carbonyl (C=O) groups is 1. The molecule has 1 saturated heterocycles. The molecular formula is C16H22N4O5S. The highest BCUT2D eigenvalue weighted by molar-refractivity contribution is 7.89. The Hall–Kier alpha value is -2.17. The molecule has 1 aromatic carbocycles. The molecule has 0 aliphatic carbocycles. The van der Waals surface area contributed by atoms with E-state index in [0.29, 0.717) is 50.2 Å². The predicted molar refractivity (Wildman–Crippen MR) is 95.4 cm³/mol. The summed E-state index contributed by atoms with van der Waals surface area (Å²) < 4.78 is 32.2. The van der Waals surface area contributed by atoms with Crippen LogP contribution in [0.15, 0.2) is 27.9 Å². The molecule has 1 aliphatic heterocycles. The van der Waals surface area contributed by atoms with Gasteiger partial charge in [-0.2, -0.15) is 4.31 Å². The molecule has 0 unspecified atom stereocenters. The van der Waals surface area contributed by atoms with Crippen LogP contribution in [0.4, 0.5) is 0 Å². The molecule has 0 bridgehead atoms. The molecule has 0 spiro atoms. The largest absolute Gasteiger partial charge is 0.465 e. The zero-order valence-electron chi connectivity index (χ0n) is 14.5. The van der Waals surface area contributed by atoms with Crippen LogP contribution in [-0.2, 0) is 19.6 Å². The number of fused-ring (bicyclic) bond motifs is 1. The molecule has 3 rings (SSSR count). The van der Waals surface area contributed by atoms with Gasteiger partial charge in [-0.15, -0.1) is 0 Å². The molecule has 0 atom stereocenters. The van der Waals surface area contributed by atoms with E-state index in [4.69, 9.17) is 4.74 Å². The van der Waals surface area contributed by atoms with Gasteiger partial charge >= 0.3 is 11.7 Å². The third-order valence-electron chi connectivity index (χ3n) is 4.33. The second kappa shape index (κ2) is 7.60. The lowest BCUT2D eigenvalue weighted by Crippen LogP contribution is -2.37. The van der Waals surface area contributed by atoms with Crippen molar-refractivity contribution in [3.05, 3.63) is 28.7 Å². The second-order valence-electron chi connectivity index (χ2n) is 6.13. The van der Waals surface area contributed by atoms with Crippen molar-refractivity contribution >= 4 is 27.0 Å². The van der Waals surface area contributed by atoms with E-state index < -0.39 is 10.0 Å². The van der Waals surface area contributed by atoms with Gasteiger partial charge in [-0.05, 0) is 31.5 Å². The van der Waals surface area contributed by atoms with Crippen molar-refractivity contribution in [1.29, 1.82) is 0 Å². The highest BCUT2D eigenvalue weighted by Gasteiger charge is 2.28. The Balaban J connectivity index is 1.74. The van der Waals surface area contributed by atoms with E-state index in [0.717, 1.165) is 0 Å². The predicted octanol–water partition coefficient (Wildman–Crippen LogP) is 0.116. The lowest BCUT2D eigenvalue weighted by Gasteiger charge is -2.21. The van der Waals surface area contributed by atoms with Crippen molar-refractivity contribution in [1.82, 2.24) is 19.2 Å². The Morgan fingerprint density at radius 2 is 1.92 bits per heavy atom. The van der Waals surface area contributed by atoms with Crippen LogP contribution in [0.3, 0.4) is 0 Å². The topological polar surface area (TPSA) is 116 Å². The number of rotatable bonds is 5. The molecule has 10 heteroatoms. The molecule has 0 radical (unpaired) electrons. The van der Waals surface area contributed by atoms with Crippen molar-refractivity contribution in [3.63, 3.8) is 0 Å². The molecule has 2 heterocycles. The van der Waals surface area contributed by atoms with Gasteiger partial charge in [0.25, 0.3) is 0 Å². The van der Waals surface area contributed by atoms with Crippen LogP contribution >= 0.6 is 0 Å². The van der Waals surface area contributed by atoms with E-state index in [-0.39, 0.29) is 23.1 Å². The summed E-state index contributed by atoms with van der Waals surface area (Å²) in [4.78, 5) is 30.2. The minimum atomic E-state index is -3.68. The van der Waals surface area contributed by atoms with Gasteiger partial charge in [0.15, 0.2) is 0 Å². The highest BCUT2D eigenvalue weighted by Crippen LogP contribution is 2.20. The minimum absolute atomic E-state index is 0.138. The highest BCUT2D eigenvalue weighted by atomic mass is 32.2. The number of sulfonamides is 1. The van der Waals surface area contributed by atoms with E-state index >= 15 is 0 Å². The molecule has 2 aromatic rings. The van der Waals surface area contributed by atoms with Crippen molar-refractivity contribution in [2.24, 2.45) is 0 Å². The number of hydrogen-bond donors (Lipinski definition) is 2. The number of benzene rings is 1. The van der Waals surface area contributed by atoms with Gasteiger partial charge in [0.1, 0.15) is 0 Å². The molecule has 1 fully saturated rings. The molecule has 1 aliphatic rings. The number of carbonyl (C=O) groups excluding carboxylic acids is 1. The van der Waals surface area contributed by atoms with Crippen LogP contribution in [0.2, 0.25) is 0 Å². The fourth-order valence-corrected chi connectivity index (χ4v) is 4.55. The Labute approximate surface area is 151 Å². The van der Waals surface area contributed by atoms with E-state index in [1.807, 2.05) is 4.90 Å². The molecule has 1 aromatic heterocycles. The molecule has 0 saturated carbocycles. The first kappa shape index (κ1) is 18.6. The minimum Gasteiger partial charge on any atom is -0.465 e. The summed E-state index contributed by atoms with van der Waals surface area (Å²) in [6.07, 6.45) is 0.627. The number of H-pyrrole nitrogens is 2. The van der Waals surface area contributed by atoms with Gasteiger partial charge in [-0.3, -0.25) is 9.69 Å². The number of esters is 1. The fraction of sp³-hybridized carbons (Fsp3) is 0.500. The van der Waals surface area contributed by atoms with E-state index in [9.17, 15) is 18.0 Å². The average molecular weight is 382 g/mol. The Kier molecular flexibility index (Phi) is 5.44. The molecule has 9 nitrogen and oxygen atoms in total. The smallest absolute Gasteiger partial charge is 0.323 e. The normalized spacial score (nSPS) is 17.3. The summed E-state index contributed by atoms with van der Waals surface area (Å²) in [6.45, 7) is 4.02. The van der Waals surface area contributed by atoms with Crippen molar-refractivity contribution in [2.45, 2.75) is 18.2 Å². The van der Waals surface area contributed by atoms with Crippen molar-refractivity contribution in [2.75, 3.05) is 39.3 Å². The van der Waals surface area contributed by atoms with Crippen molar-refractivity contribution in [3.8, 4) is 0 Å². The van der Waals surface area contributed by atoms with Gasteiger partial charge in [0.05, 0.1) is 29.1 Å². The average Bonchev–Trinajstić information content (AvgIpc) is 2.79. The number of nitrogens with one attached hydrogen (secondary N) is 2. The number of ether oxygens (including phenoxy) is 1. The van der Waals surface area contributed by atoms with Crippen LogP contribution in [0.1, 0.15) is 13.3 Å². The van der Waals surface area contributed by atoms with E-state index in [2.05, 4.69) is 9.97 Å². The van der Waals surface area contributed by atoms with Crippen LogP contribution in [0.5, 0.6) is 0 Å². The van der Waals surface area contributed by atoms with Crippen molar-refractivity contribution < 1.29 is 17.9 Å². The van der Waals surface area contributed by atoms with Crippen LogP contribution in [0, 0.1) is 0 Å². The summed E-state index contributed by atoms with van der Waals surface area (Å²) in [5, 5.41) is 0. The third kappa shape index (κ3) is 3.97. The summed E-state index contributed by atoms with van der Waals surface area (Å²) in [5.74, 6) is -0.300. The first-order valence-electron chi connectivity index (χ1n) is 8.50. The Morgan fingerprint density at radius 1 is 1.15 bits per heavy atom. The number of aromatic nitrogens is 2. The third-order valence-corrected chi connectivity index (χ3v) is 6.23. The van der Waals surface area contributed by atoms with Gasteiger partial charge in [0.2, 0.25) is 10.0 Å². The van der Waals surface area contributed by atoms with Gasteiger partial charge in [-0.25, -0.2) is 13.2 Å². The summed E-state index contributed by atoms with van der Waals surface area (Å²) in [7, 11) is -3.68. The SMILES string of the molecule is CCOC(=O)CN1CCCN(S(=O)(=O)c2ccc3[nH]c(=O)[nH]c3c2)CC1. The summed E-state index contributed by atoms with van der Waals surface area (Å²) in [5.41, 5.74) is 0.638. The number of nitrogens with zero attached hydrogens (tertiary/aromatic N) is 2. The lowest BCUT2D eigenvalue weighted by atomic mass is 10.3. The lowest BCUT2D eigenvalue weighted by molar-refractivity contribution is -0.144. The summed E-state index contributed by atoms with van der Waals surface area (Å²) >= 11 is 0. The number of hydrogen-bond acceptors (Lipinski definition) is 6. The Bertz CT molecular complexity index is 949. The Morgan fingerprint density at radius 3 is 2.69 bits per heavy atom. The van der Waals surface area contributed by atoms with Crippen LogP contribution < -0.4 is 5.69 Å². The molecule has 142 valence electrons. The monoisotopic (exact) mass is 382 g/mol. The zero-order valence-corrected chi connectivity index (χ0v) is 15.3. The molecule has 0 amide bonds. The van der Waals surface area contributed by atoms with Crippen LogP contribution in [0.25, 0.3) is 11.0 Å². The first-order valence-corrected chi connectivity index (χ1v) is 9.94. The zero-order chi connectivity index (χ0) is 18.7. The fourth-order valence-electron chi connectivity index (χ4n) is 3.06. The van der Waals surface area contributed by atoms with Gasteiger partial charge < -0.3 is 14.7 Å². The number of aromatic amines is 2. The standard InChI is InChI=1S/C16H22N4O5S/c1-2-25-15(21)11-19-6-3-7-20(9-8-19)26(23,24)12-4-5-13-14(10-12)18-16(22)17-13/h4-5,10H,2-3,6-9,11H2,1H3,(H2,17,18,22). The first-order chi connectivity index (χ1) is 12.4. The van der Waals surface area contributed by atoms with Gasteiger partial charge in [0, 0.05) is 26.2 Å². The summed E-state index contributed by atoms with van der Waals surface area (Å²) in [6, 6.07) is 4.53. The second-order valence-corrected chi connectivity index (χ2v) is 8.06. The quantitative estimate of drug-likeness (QED) is 0.710. The van der Waals surface area contributed by atoms with E-state index in [1.54, 1.807) is 13.0 Å². The maximum absolute atomic E-state index is 12.9.